The van der Waals surface area contributed by atoms with Crippen molar-refractivity contribution in [2.24, 2.45) is 29.4 Å². The molecule has 244 valence electrons. The van der Waals surface area contributed by atoms with Crippen molar-refractivity contribution in [2.75, 3.05) is 19.4 Å². The molecule has 2 aromatic rings. The average Bonchev–Trinajstić information content (AvgIpc) is 2.94. The number of ketones is 4. The summed E-state index contributed by atoms with van der Waals surface area (Å²) < 4.78 is 47.2. The number of hydrogen-bond acceptors (Lipinski definition) is 10. The summed E-state index contributed by atoms with van der Waals surface area (Å²) in [6.45, 7) is 2.94. The number of aliphatic hydroxyl groups is 1. The highest BCUT2D eigenvalue weighted by molar-refractivity contribution is 6.32. The molecule has 46 heavy (non-hydrogen) atoms. The Morgan fingerprint density at radius 2 is 1.72 bits per heavy atom. The molecule has 8 atom stereocenters. The van der Waals surface area contributed by atoms with Crippen LogP contribution in [-0.4, -0.2) is 82.1 Å². The van der Waals surface area contributed by atoms with E-state index in [-0.39, 0.29) is 16.7 Å². The van der Waals surface area contributed by atoms with Gasteiger partial charge in [0.1, 0.15) is 11.9 Å². The van der Waals surface area contributed by atoms with Gasteiger partial charge in [-0.15, -0.1) is 0 Å². The van der Waals surface area contributed by atoms with Crippen molar-refractivity contribution in [3.05, 3.63) is 58.7 Å². The van der Waals surface area contributed by atoms with Gasteiger partial charge in [-0.3, -0.25) is 34.2 Å². The molecular formula is C31H30F3N3O9. The van der Waals surface area contributed by atoms with E-state index in [9.17, 15) is 52.2 Å². The van der Waals surface area contributed by atoms with Gasteiger partial charge < -0.3 is 20.7 Å². The Balaban J connectivity index is 1.70. The topological polar surface area (TPSA) is 193 Å². The Morgan fingerprint density at radius 3 is 2.30 bits per heavy atom. The number of nitrogens with two attached hydrogens (primary N) is 1. The van der Waals surface area contributed by atoms with Crippen LogP contribution in [0.15, 0.2) is 36.4 Å². The molecule has 2 amide bonds. The number of Topliss-reactive ketones (excluding diaryl/α,β-unsaturated/α-hetero) is 4. The second-order valence-corrected chi connectivity index (χ2v) is 12.2. The number of hydrogen-bond donors (Lipinski definition) is 4. The predicted molar refractivity (Wildman–Crippen MR) is 152 cm³/mol. The molecule has 3 aliphatic rings. The molecule has 2 saturated carbocycles. The number of primary amides is 1. The summed E-state index contributed by atoms with van der Waals surface area (Å²) >= 11 is 0. The van der Waals surface area contributed by atoms with E-state index in [1.165, 1.54) is 57.1 Å². The highest BCUT2D eigenvalue weighted by Crippen LogP contribution is 2.55. The quantitative estimate of drug-likeness (QED) is 0.357. The van der Waals surface area contributed by atoms with Crippen LogP contribution in [0.1, 0.15) is 39.9 Å². The number of ether oxygens (including phenoxy) is 1. The van der Waals surface area contributed by atoms with Gasteiger partial charge in [0.25, 0.3) is 0 Å². The third-order valence-corrected chi connectivity index (χ3v) is 9.29. The molecule has 3 aliphatic carbocycles. The van der Waals surface area contributed by atoms with Crippen molar-refractivity contribution in [3.8, 4) is 5.75 Å². The smallest absolute Gasteiger partial charge is 0.418 e. The number of nitrogens with one attached hydrogen (secondary N) is 1. The summed E-state index contributed by atoms with van der Waals surface area (Å²) in [5.41, 5.74) is 0.346. The Kier molecular flexibility index (Phi) is 7.84. The van der Waals surface area contributed by atoms with Gasteiger partial charge in [0.2, 0.25) is 5.91 Å². The molecular weight excluding hydrogens is 615 g/mol. The van der Waals surface area contributed by atoms with E-state index >= 15 is 0 Å². The number of carbonyl (C=O) groups excluding carboxylic acids is 6. The number of anilines is 1. The van der Waals surface area contributed by atoms with Gasteiger partial charge in [-0.25, -0.2) is 4.79 Å². The van der Waals surface area contributed by atoms with Crippen LogP contribution < -0.4 is 11.1 Å². The molecule has 0 aliphatic heterocycles. The molecule has 5 N–H and O–H groups in total. The van der Waals surface area contributed by atoms with Crippen molar-refractivity contribution in [1.82, 2.24) is 4.90 Å². The van der Waals surface area contributed by atoms with Crippen LogP contribution in [0.4, 0.5) is 23.7 Å². The molecule has 5 rings (SSSR count). The zero-order valence-electron chi connectivity index (χ0n) is 24.9. The number of nitrogens with zero attached hydrogens (tertiary/aromatic N) is 1. The number of likely N-dealkylation sites (N-methyl/N-ethyl adjacent to an activating group) is 1. The number of rotatable bonds is 4. The van der Waals surface area contributed by atoms with Crippen LogP contribution in [-0.2, 0) is 30.1 Å². The Labute approximate surface area is 259 Å². The second kappa shape index (κ2) is 11.0. The van der Waals surface area contributed by atoms with E-state index in [0.29, 0.717) is 0 Å². The number of benzene rings is 2. The van der Waals surface area contributed by atoms with E-state index in [1.54, 1.807) is 0 Å². The molecule has 15 heteroatoms. The molecule has 0 heterocycles. The van der Waals surface area contributed by atoms with E-state index in [2.05, 4.69) is 0 Å². The van der Waals surface area contributed by atoms with Gasteiger partial charge in [0.15, 0.2) is 34.7 Å². The van der Waals surface area contributed by atoms with Crippen LogP contribution in [0.5, 0.6) is 5.75 Å². The summed E-state index contributed by atoms with van der Waals surface area (Å²) in [5, 5.41) is 24.6. The summed E-state index contributed by atoms with van der Waals surface area (Å²) in [4.78, 5) is 82.4. The second-order valence-electron chi connectivity index (χ2n) is 12.2. The maximum atomic E-state index is 14.2. The minimum Gasteiger partial charge on any atom is -0.507 e. The fraction of sp³-hybridized carbons (Fsp3) is 0.419. The normalized spacial score (nSPS) is 30.8. The van der Waals surface area contributed by atoms with E-state index in [4.69, 9.17) is 10.5 Å². The molecule has 12 nitrogen and oxygen atoms in total. The van der Waals surface area contributed by atoms with E-state index < -0.39 is 106 Å². The number of carbonyl (C=O) groups is 6. The largest absolute Gasteiger partial charge is 0.507 e. The standard InChI is InChI=1S/C31H30F3N3O9/c1-11-8-9-15(14(10-11)31(32,33)34)36-29(44)46-25-17-12(2)13-6-5-7-16(38)18(13)23(39)19(17)26(41)30(45)21(25)22(37(3)4)24(40)20(27(30)42)28(35)43/h5-10,12,17,19-22,25,38,45H,1-4H3,(H2,35,43)(H,36,44). The fourth-order valence-electron chi connectivity index (χ4n) is 7.33. The van der Waals surface area contributed by atoms with E-state index in [0.717, 1.165) is 12.1 Å². The minimum absolute atomic E-state index is 0.223. The number of alkyl halides is 3. The number of amides is 2. The van der Waals surface area contributed by atoms with Crippen LogP contribution in [0, 0.1) is 30.6 Å². The third-order valence-electron chi connectivity index (χ3n) is 9.29. The van der Waals surface area contributed by atoms with Gasteiger partial charge in [-0.2, -0.15) is 13.2 Å². The number of aryl methyl sites for hydroxylation is 1. The van der Waals surface area contributed by atoms with Crippen LogP contribution >= 0.6 is 0 Å². The van der Waals surface area contributed by atoms with Gasteiger partial charge in [-0.1, -0.05) is 30.7 Å². The number of fused-ring (bicyclic) bond motifs is 3. The lowest BCUT2D eigenvalue weighted by atomic mass is 9.49. The number of aromatic hydroxyl groups is 1. The van der Waals surface area contributed by atoms with Gasteiger partial charge in [-0.05, 0) is 50.7 Å². The van der Waals surface area contributed by atoms with Crippen LogP contribution in [0.3, 0.4) is 0 Å². The van der Waals surface area contributed by atoms with E-state index in [1.807, 2.05) is 5.32 Å². The molecule has 0 spiro atoms. The first-order valence-corrected chi connectivity index (χ1v) is 14.2. The fourth-order valence-corrected chi connectivity index (χ4v) is 7.33. The van der Waals surface area contributed by atoms with Crippen molar-refractivity contribution < 1.29 is 56.9 Å². The molecule has 2 aromatic carbocycles. The predicted octanol–water partition coefficient (Wildman–Crippen LogP) is 1.98. The van der Waals surface area contributed by atoms with Crippen LogP contribution in [0.2, 0.25) is 0 Å². The first-order chi connectivity index (χ1) is 21.3. The number of phenolic OH excluding ortho intramolecular Hbond substituents is 1. The van der Waals surface area contributed by atoms with Gasteiger partial charge >= 0.3 is 12.3 Å². The maximum absolute atomic E-state index is 14.2. The van der Waals surface area contributed by atoms with Crippen molar-refractivity contribution >= 4 is 40.8 Å². The summed E-state index contributed by atoms with van der Waals surface area (Å²) in [7, 11) is 2.66. The summed E-state index contributed by atoms with van der Waals surface area (Å²) in [6.07, 6.45) is -8.25. The lowest BCUT2D eigenvalue weighted by Crippen LogP contribution is -2.78. The first-order valence-electron chi connectivity index (χ1n) is 14.2. The lowest BCUT2D eigenvalue weighted by molar-refractivity contribution is -0.196. The zero-order valence-corrected chi connectivity index (χ0v) is 24.9. The maximum Gasteiger partial charge on any atom is 0.418 e. The Bertz CT molecular complexity index is 1710. The minimum atomic E-state index is -4.89. The molecule has 0 bridgehead atoms. The zero-order chi connectivity index (χ0) is 34.2. The number of phenols is 1. The SMILES string of the molecule is Cc1ccc(NC(=O)OC2C3C(C(=O)c4c(O)cccc4C3C)C(=O)C3(O)C(=O)C(C(N)=O)C(=O)C(N(C)C)C23)c(C(F)(F)F)c1. The highest BCUT2D eigenvalue weighted by Gasteiger charge is 2.74. The van der Waals surface area contributed by atoms with Crippen molar-refractivity contribution in [3.63, 3.8) is 0 Å². The molecule has 0 aromatic heterocycles. The summed E-state index contributed by atoms with van der Waals surface area (Å²) in [5.74, 6) is -15.6. The average molecular weight is 646 g/mol. The third kappa shape index (κ3) is 4.76. The highest BCUT2D eigenvalue weighted by atomic mass is 19.4. The Morgan fingerprint density at radius 1 is 1.07 bits per heavy atom. The summed E-state index contributed by atoms with van der Waals surface area (Å²) in [6, 6.07) is 5.50. The lowest BCUT2D eigenvalue weighted by Gasteiger charge is -2.56. The van der Waals surface area contributed by atoms with Crippen LogP contribution in [0.25, 0.3) is 0 Å². The molecule has 2 fully saturated rings. The van der Waals surface area contributed by atoms with Gasteiger partial charge in [0, 0.05) is 5.92 Å². The Hall–Kier alpha value is -4.63. The molecule has 0 radical (unpaired) electrons. The monoisotopic (exact) mass is 645 g/mol. The van der Waals surface area contributed by atoms with Gasteiger partial charge in [0.05, 0.1) is 34.7 Å². The molecule has 0 saturated heterocycles. The van der Waals surface area contributed by atoms with Crippen molar-refractivity contribution in [2.45, 2.75) is 43.7 Å². The first kappa shape index (κ1) is 32.8. The van der Waals surface area contributed by atoms with Crippen molar-refractivity contribution in [1.29, 1.82) is 0 Å². The molecule has 8 unspecified atom stereocenters. The number of halogens is 3.